The molecule has 9 heteroatoms. The van der Waals surface area contributed by atoms with Crippen LogP contribution in [0.5, 0.6) is 5.75 Å². The van der Waals surface area contributed by atoms with Crippen molar-refractivity contribution >= 4 is 19.9 Å². The van der Waals surface area contributed by atoms with Gasteiger partial charge in [-0.3, -0.25) is 0 Å². The fourth-order valence-electron chi connectivity index (χ4n) is 2.20. The third kappa shape index (κ3) is 4.77. The van der Waals surface area contributed by atoms with Crippen molar-refractivity contribution < 1.29 is 26.0 Å². The maximum absolute atomic E-state index is 13.6. The van der Waals surface area contributed by atoms with E-state index < -0.39 is 25.7 Å². The van der Waals surface area contributed by atoms with Crippen LogP contribution in [0.1, 0.15) is 5.56 Å². The van der Waals surface area contributed by atoms with E-state index in [9.17, 15) is 21.2 Å². The molecule has 0 radical (unpaired) electrons. The first-order valence-corrected chi connectivity index (χ1v) is 10.6. The lowest BCUT2D eigenvalue weighted by Crippen LogP contribution is -2.26. The second-order valence-electron chi connectivity index (χ2n) is 5.32. The Labute approximate surface area is 146 Å². The van der Waals surface area contributed by atoms with E-state index in [1.807, 2.05) is 0 Å². The summed E-state index contributed by atoms with van der Waals surface area (Å²) in [6.07, 6.45) is 1.14. The van der Waals surface area contributed by atoms with Crippen molar-refractivity contribution in [1.82, 2.24) is 4.72 Å². The molecule has 0 spiro atoms. The number of sulfone groups is 1. The molecule has 0 aliphatic rings. The molecule has 0 bridgehead atoms. The van der Waals surface area contributed by atoms with Crippen LogP contribution in [0.25, 0.3) is 0 Å². The largest absolute Gasteiger partial charge is 0.495 e. The first-order chi connectivity index (χ1) is 11.6. The standard InChI is InChI=1S/C16H18FNO5S2/c1-23-15-8-7-13(24(2,19)20)11-16(15)25(21,22)18-10-9-12-5-3-4-6-14(12)17/h3-8,11,18H,9-10H2,1-2H3. The number of nitrogens with one attached hydrogen (secondary N) is 1. The number of methoxy groups -OCH3 is 1. The number of ether oxygens (including phenoxy) is 1. The number of benzene rings is 2. The lowest BCUT2D eigenvalue weighted by atomic mass is 10.1. The average molecular weight is 387 g/mol. The molecule has 0 aliphatic carbocycles. The minimum atomic E-state index is -4.03. The first kappa shape index (κ1) is 19.4. The van der Waals surface area contributed by atoms with Gasteiger partial charge in [0.1, 0.15) is 16.5 Å². The van der Waals surface area contributed by atoms with Gasteiger partial charge in [-0.25, -0.2) is 25.9 Å². The summed E-state index contributed by atoms with van der Waals surface area (Å²) in [5, 5.41) is 0. The molecule has 25 heavy (non-hydrogen) atoms. The molecule has 0 aromatic heterocycles. The van der Waals surface area contributed by atoms with E-state index in [1.54, 1.807) is 18.2 Å². The van der Waals surface area contributed by atoms with Crippen LogP contribution in [0.4, 0.5) is 4.39 Å². The Morgan fingerprint density at radius 3 is 2.36 bits per heavy atom. The Balaban J connectivity index is 2.25. The zero-order valence-electron chi connectivity index (χ0n) is 13.7. The zero-order valence-corrected chi connectivity index (χ0v) is 15.3. The minimum Gasteiger partial charge on any atom is -0.495 e. The van der Waals surface area contributed by atoms with Crippen LogP contribution in [0.2, 0.25) is 0 Å². The third-order valence-corrected chi connectivity index (χ3v) is 6.09. The van der Waals surface area contributed by atoms with E-state index in [2.05, 4.69) is 4.72 Å². The van der Waals surface area contributed by atoms with Gasteiger partial charge in [-0.2, -0.15) is 0 Å². The van der Waals surface area contributed by atoms with E-state index in [1.165, 1.54) is 25.3 Å². The van der Waals surface area contributed by atoms with Gasteiger partial charge in [0.25, 0.3) is 0 Å². The van der Waals surface area contributed by atoms with Crippen molar-refractivity contribution in [2.75, 3.05) is 19.9 Å². The molecule has 0 heterocycles. The molecule has 0 amide bonds. The molecular formula is C16H18FNO5S2. The van der Waals surface area contributed by atoms with Crippen LogP contribution in [-0.4, -0.2) is 36.7 Å². The first-order valence-electron chi connectivity index (χ1n) is 7.26. The molecule has 136 valence electrons. The second kappa shape index (κ2) is 7.51. The fourth-order valence-corrected chi connectivity index (χ4v) is 4.14. The van der Waals surface area contributed by atoms with Gasteiger partial charge in [0, 0.05) is 12.8 Å². The highest BCUT2D eigenvalue weighted by atomic mass is 32.2. The van der Waals surface area contributed by atoms with Crippen molar-refractivity contribution in [2.24, 2.45) is 0 Å². The summed E-state index contributed by atoms with van der Waals surface area (Å²) >= 11 is 0. The maximum Gasteiger partial charge on any atom is 0.244 e. The SMILES string of the molecule is COc1ccc(S(C)(=O)=O)cc1S(=O)(=O)NCCc1ccccc1F. The monoisotopic (exact) mass is 387 g/mol. The van der Waals surface area contributed by atoms with Gasteiger partial charge in [-0.15, -0.1) is 0 Å². The predicted octanol–water partition coefficient (Wildman–Crippen LogP) is 1.76. The molecule has 0 unspecified atom stereocenters. The summed E-state index contributed by atoms with van der Waals surface area (Å²) in [6.45, 7) is -0.0461. The summed E-state index contributed by atoms with van der Waals surface area (Å²) < 4.78 is 69.2. The molecule has 2 aromatic rings. The van der Waals surface area contributed by atoms with Crippen LogP contribution >= 0.6 is 0 Å². The van der Waals surface area contributed by atoms with Gasteiger partial charge in [-0.1, -0.05) is 18.2 Å². The van der Waals surface area contributed by atoms with Crippen molar-refractivity contribution in [3.05, 3.63) is 53.8 Å². The van der Waals surface area contributed by atoms with E-state index in [-0.39, 0.29) is 28.5 Å². The highest BCUT2D eigenvalue weighted by Gasteiger charge is 2.22. The summed E-state index contributed by atoms with van der Waals surface area (Å²) in [5.41, 5.74) is 0.377. The van der Waals surface area contributed by atoms with Gasteiger partial charge in [0.15, 0.2) is 9.84 Å². The molecule has 2 rings (SSSR count). The van der Waals surface area contributed by atoms with Crippen LogP contribution in [0.15, 0.2) is 52.3 Å². The van der Waals surface area contributed by atoms with Crippen LogP contribution in [-0.2, 0) is 26.3 Å². The van der Waals surface area contributed by atoms with E-state index in [0.29, 0.717) is 5.56 Å². The second-order valence-corrected chi connectivity index (χ2v) is 9.08. The smallest absolute Gasteiger partial charge is 0.244 e. The van der Waals surface area contributed by atoms with Crippen molar-refractivity contribution in [3.8, 4) is 5.75 Å². The van der Waals surface area contributed by atoms with E-state index >= 15 is 0 Å². The molecule has 0 atom stereocenters. The summed E-state index contributed by atoms with van der Waals surface area (Å²) in [7, 11) is -6.32. The number of sulfonamides is 1. The van der Waals surface area contributed by atoms with Crippen molar-refractivity contribution in [1.29, 1.82) is 0 Å². The Kier molecular flexibility index (Phi) is 5.81. The average Bonchev–Trinajstić information content (AvgIpc) is 2.55. The Morgan fingerprint density at radius 2 is 1.76 bits per heavy atom. The van der Waals surface area contributed by atoms with E-state index in [4.69, 9.17) is 4.74 Å². The molecule has 0 saturated heterocycles. The third-order valence-electron chi connectivity index (χ3n) is 3.50. The van der Waals surface area contributed by atoms with Gasteiger partial charge < -0.3 is 4.74 Å². The Bertz CT molecular complexity index is 972. The van der Waals surface area contributed by atoms with Crippen LogP contribution in [0, 0.1) is 5.82 Å². The lowest BCUT2D eigenvalue weighted by molar-refractivity contribution is 0.401. The van der Waals surface area contributed by atoms with Gasteiger partial charge in [0.2, 0.25) is 10.0 Å². The summed E-state index contributed by atoms with van der Waals surface area (Å²) in [5.74, 6) is -0.399. The molecule has 0 aliphatic heterocycles. The zero-order chi connectivity index (χ0) is 18.7. The lowest BCUT2D eigenvalue weighted by Gasteiger charge is -2.12. The van der Waals surface area contributed by atoms with Gasteiger partial charge in [-0.05, 0) is 36.2 Å². The van der Waals surface area contributed by atoms with E-state index in [0.717, 1.165) is 12.3 Å². The van der Waals surface area contributed by atoms with Crippen LogP contribution < -0.4 is 9.46 Å². The molecule has 6 nitrogen and oxygen atoms in total. The summed E-state index contributed by atoms with van der Waals surface area (Å²) in [4.78, 5) is -0.422. The topological polar surface area (TPSA) is 89.5 Å². The highest BCUT2D eigenvalue weighted by Crippen LogP contribution is 2.26. The predicted molar refractivity (Wildman–Crippen MR) is 91.4 cm³/mol. The maximum atomic E-state index is 13.6. The molecule has 0 saturated carbocycles. The number of halogens is 1. The van der Waals surface area contributed by atoms with Crippen LogP contribution in [0.3, 0.4) is 0 Å². The minimum absolute atomic E-state index is 0.0193. The normalized spacial score (nSPS) is 12.1. The molecule has 2 aromatic carbocycles. The van der Waals surface area contributed by atoms with Crippen molar-refractivity contribution in [2.45, 2.75) is 16.2 Å². The quantitative estimate of drug-likeness (QED) is 0.782. The van der Waals surface area contributed by atoms with Gasteiger partial charge >= 0.3 is 0 Å². The van der Waals surface area contributed by atoms with Gasteiger partial charge in [0.05, 0.1) is 12.0 Å². The Morgan fingerprint density at radius 1 is 1.08 bits per heavy atom. The molecular weight excluding hydrogens is 369 g/mol. The number of rotatable bonds is 7. The van der Waals surface area contributed by atoms with Crippen molar-refractivity contribution in [3.63, 3.8) is 0 Å². The fraction of sp³-hybridized carbons (Fsp3) is 0.250. The molecule has 1 N–H and O–H groups in total. The summed E-state index contributed by atoms with van der Waals surface area (Å²) in [6, 6.07) is 9.65. The highest BCUT2D eigenvalue weighted by molar-refractivity contribution is 7.91. The Hall–Kier alpha value is -1.97. The number of hydrogen-bond acceptors (Lipinski definition) is 5. The molecule has 0 fully saturated rings. The number of hydrogen-bond donors (Lipinski definition) is 1.